The van der Waals surface area contributed by atoms with Crippen LogP contribution in [-0.2, 0) is 11.2 Å². The van der Waals surface area contributed by atoms with Gasteiger partial charge < -0.3 is 16.0 Å². The van der Waals surface area contributed by atoms with Gasteiger partial charge in [0, 0.05) is 37.3 Å². The Morgan fingerprint density at radius 1 is 1.24 bits per heavy atom. The van der Waals surface area contributed by atoms with Crippen molar-refractivity contribution in [3.8, 4) is 0 Å². The average molecular weight is 288 g/mol. The fourth-order valence-corrected chi connectivity index (χ4v) is 3.15. The zero-order valence-electron chi connectivity index (χ0n) is 13.1. The summed E-state index contributed by atoms with van der Waals surface area (Å²) < 4.78 is 0. The fourth-order valence-electron chi connectivity index (χ4n) is 3.15. The van der Waals surface area contributed by atoms with E-state index in [4.69, 9.17) is 5.73 Å². The maximum Gasteiger partial charge on any atom is 0.224 e. The molecule has 1 amide bonds. The summed E-state index contributed by atoms with van der Waals surface area (Å²) in [6.07, 6.45) is 1.36. The van der Waals surface area contributed by atoms with Crippen LogP contribution in [0.5, 0.6) is 0 Å². The maximum absolute atomic E-state index is 11.5. The van der Waals surface area contributed by atoms with E-state index in [2.05, 4.69) is 42.1 Å². The topological polar surface area (TPSA) is 61.6 Å². The Hall–Kier alpha value is -1.75. The summed E-state index contributed by atoms with van der Waals surface area (Å²) >= 11 is 0. The summed E-state index contributed by atoms with van der Waals surface area (Å²) in [4.78, 5) is 16.2. The number of fused-ring (bicyclic) bond motifs is 1. The number of nitrogens with one attached hydrogen (secondary N) is 1. The molecule has 0 unspecified atom stereocenters. The van der Waals surface area contributed by atoms with Crippen molar-refractivity contribution in [1.29, 1.82) is 0 Å². The van der Waals surface area contributed by atoms with Crippen LogP contribution in [0.2, 0.25) is 0 Å². The lowest BCUT2D eigenvalue weighted by Gasteiger charge is -2.46. The van der Waals surface area contributed by atoms with Gasteiger partial charge in [-0.1, -0.05) is 0 Å². The molecule has 2 heterocycles. The lowest BCUT2D eigenvalue weighted by molar-refractivity contribution is -0.116. The number of nitrogens with zero attached hydrogens (tertiary/aromatic N) is 2. The molecule has 2 aliphatic heterocycles. The van der Waals surface area contributed by atoms with Crippen molar-refractivity contribution in [2.45, 2.75) is 32.2 Å². The highest BCUT2D eigenvalue weighted by Crippen LogP contribution is 2.35. The number of carbonyl (C=O) groups is 1. The van der Waals surface area contributed by atoms with Gasteiger partial charge in [0.25, 0.3) is 0 Å². The number of nitrogens with two attached hydrogens (primary N) is 1. The van der Waals surface area contributed by atoms with Gasteiger partial charge in [0.05, 0.1) is 11.4 Å². The quantitative estimate of drug-likeness (QED) is 0.772. The largest absolute Gasteiger partial charge is 0.397 e. The molecule has 2 aliphatic rings. The van der Waals surface area contributed by atoms with E-state index in [1.807, 2.05) is 6.07 Å². The summed E-state index contributed by atoms with van der Waals surface area (Å²) in [5.41, 5.74) is 10.3. The first kappa shape index (κ1) is 14.2. The molecule has 21 heavy (non-hydrogen) atoms. The molecule has 5 heteroatoms. The van der Waals surface area contributed by atoms with Gasteiger partial charge in [0.2, 0.25) is 5.91 Å². The van der Waals surface area contributed by atoms with Crippen LogP contribution in [0.1, 0.15) is 25.8 Å². The Morgan fingerprint density at radius 2 is 2.00 bits per heavy atom. The molecule has 0 saturated carbocycles. The molecule has 0 aromatic heterocycles. The number of benzene rings is 1. The minimum atomic E-state index is 0.0791. The highest BCUT2D eigenvalue weighted by molar-refractivity contribution is 5.95. The van der Waals surface area contributed by atoms with Crippen molar-refractivity contribution >= 4 is 23.0 Å². The van der Waals surface area contributed by atoms with Gasteiger partial charge in [0.1, 0.15) is 0 Å². The van der Waals surface area contributed by atoms with Crippen molar-refractivity contribution in [1.82, 2.24) is 4.90 Å². The minimum absolute atomic E-state index is 0.0791. The number of nitrogen functional groups attached to an aromatic ring is 1. The number of likely N-dealkylation sites (N-methyl/N-ethyl adjacent to an activating group) is 1. The second-order valence-electron chi connectivity index (χ2n) is 6.77. The number of hydrogen-bond acceptors (Lipinski definition) is 4. The van der Waals surface area contributed by atoms with Crippen LogP contribution in [0.15, 0.2) is 12.1 Å². The van der Waals surface area contributed by atoms with Crippen molar-refractivity contribution < 1.29 is 4.79 Å². The number of anilines is 3. The van der Waals surface area contributed by atoms with Gasteiger partial charge in [0.15, 0.2) is 0 Å². The zero-order valence-corrected chi connectivity index (χ0v) is 13.1. The minimum Gasteiger partial charge on any atom is -0.397 e. The predicted octanol–water partition coefficient (Wildman–Crippen LogP) is 1.68. The molecular weight excluding hydrogens is 264 g/mol. The number of hydrogen-bond donors (Lipinski definition) is 2. The first-order valence-corrected chi connectivity index (χ1v) is 7.55. The van der Waals surface area contributed by atoms with E-state index in [1.165, 1.54) is 5.56 Å². The number of carbonyl (C=O) groups excluding carboxylic acids is 1. The van der Waals surface area contributed by atoms with Gasteiger partial charge in [-0.3, -0.25) is 9.69 Å². The molecule has 3 N–H and O–H groups in total. The molecule has 1 fully saturated rings. The second-order valence-corrected chi connectivity index (χ2v) is 6.77. The molecule has 1 saturated heterocycles. The Labute approximate surface area is 126 Å². The molecule has 114 valence electrons. The van der Waals surface area contributed by atoms with Crippen LogP contribution in [-0.4, -0.2) is 43.0 Å². The third kappa shape index (κ3) is 2.58. The average Bonchev–Trinajstić information content (AvgIpc) is 2.41. The summed E-state index contributed by atoms with van der Waals surface area (Å²) in [5, 5.41) is 2.91. The number of aryl methyl sites for hydroxylation is 1. The third-order valence-electron chi connectivity index (χ3n) is 4.81. The van der Waals surface area contributed by atoms with E-state index in [-0.39, 0.29) is 11.4 Å². The highest BCUT2D eigenvalue weighted by Gasteiger charge is 2.32. The second kappa shape index (κ2) is 4.91. The molecule has 3 rings (SSSR count). The Balaban J connectivity index is 1.91. The van der Waals surface area contributed by atoms with Crippen LogP contribution in [0, 0.1) is 0 Å². The fraction of sp³-hybridized carbons (Fsp3) is 0.562. The van der Waals surface area contributed by atoms with Gasteiger partial charge >= 0.3 is 0 Å². The molecule has 0 aliphatic carbocycles. The summed E-state index contributed by atoms with van der Waals surface area (Å²) in [6, 6.07) is 4.07. The van der Waals surface area contributed by atoms with Crippen LogP contribution in [0.25, 0.3) is 0 Å². The molecule has 5 nitrogen and oxygen atoms in total. The number of piperazine rings is 1. The van der Waals surface area contributed by atoms with E-state index in [1.54, 1.807) is 0 Å². The van der Waals surface area contributed by atoms with E-state index in [0.29, 0.717) is 6.42 Å². The lowest BCUT2D eigenvalue weighted by atomic mass is 9.97. The van der Waals surface area contributed by atoms with Crippen LogP contribution in [0.3, 0.4) is 0 Å². The summed E-state index contributed by atoms with van der Waals surface area (Å²) in [5.74, 6) is 0.0791. The normalized spacial score (nSPS) is 21.9. The van der Waals surface area contributed by atoms with Gasteiger partial charge in [-0.15, -0.1) is 0 Å². The van der Waals surface area contributed by atoms with Gasteiger partial charge in [-0.25, -0.2) is 0 Å². The molecule has 0 bridgehead atoms. The van der Waals surface area contributed by atoms with Crippen molar-refractivity contribution in [2.75, 3.05) is 42.6 Å². The first-order chi connectivity index (χ1) is 9.87. The van der Waals surface area contributed by atoms with E-state index in [0.717, 1.165) is 43.1 Å². The molecular formula is C16H24N4O. The first-order valence-electron chi connectivity index (χ1n) is 7.55. The summed E-state index contributed by atoms with van der Waals surface area (Å²) in [6.45, 7) is 7.48. The van der Waals surface area contributed by atoms with Crippen LogP contribution in [0.4, 0.5) is 17.1 Å². The Morgan fingerprint density at radius 3 is 2.71 bits per heavy atom. The molecule has 1 aromatic carbocycles. The molecule has 0 atom stereocenters. The molecule has 0 spiro atoms. The van der Waals surface area contributed by atoms with E-state index >= 15 is 0 Å². The van der Waals surface area contributed by atoms with Crippen LogP contribution < -0.4 is 16.0 Å². The molecule has 1 aromatic rings. The van der Waals surface area contributed by atoms with E-state index in [9.17, 15) is 4.79 Å². The van der Waals surface area contributed by atoms with Crippen LogP contribution >= 0.6 is 0 Å². The molecule has 0 radical (unpaired) electrons. The standard InChI is InChI=1S/C16H24N4O/c1-16(2)10-20(7-6-19(16)3)14-8-11-4-5-15(21)18-13(11)9-12(14)17/h8-9H,4-7,10,17H2,1-3H3,(H,18,21). The Kier molecular flexibility index (Phi) is 3.32. The predicted molar refractivity (Wildman–Crippen MR) is 86.7 cm³/mol. The van der Waals surface area contributed by atoms with E-state index < -0.39 is 0 Å². The van der Waals surface area contributed by atoms with Gasteiger partial charge in [-0.05, 0) is 45.0 Å². The third-order valence-corrected chi connectivity index (χ3v) is 4.81. The summed E-state index contributed by atoms with van der Waals surface area (Å²) in [7, 11) is 2.17. The Bertz CT molecular complexity index is 582. The van der Waals surface area contributed by atoms with Crippen molar-refractivity contribution in [2.24, 2.45) is 0 Å². The van der Waals surface area contributed by atoms with Crippen molar-refractivity contribution in [3.63, 3.8) is 0 Å². The maximum atomic E-state index is 11.5. The van der Waals surface area contributed by atoms with Gasteiger partial charge in [-0.2, -0.15) is 0 Å². The zero-order chi connectivity index (χ0) is 15.2. The SMILES string of the molecule is CN1CCN(c2cc3c(cc2N)NC(=O)CC3)CC1(C)C. The number of rotatable bonds is 1. The smallest absolute Gasteiger partial charge is 0.224 e. The highest BCUT2D eigenvalue weighted by atomic mass is 16.1. The number of amides is 1. The lowest BCUT2D eigenvalue weighted by Crippen LogP contribution is -2.57. The van der Waals surface area contributed by atoms with Crippen molar-refractivity contribution in [3.05, 3.63) is 17.7 Å². The monoisotopic (exact) mass is 288 g/mol.